The smallest absolute Gasteiger partial charge is 0.405 e. The van der Waals surface area contributed by atoms with Gasteiger partial charge in [-0.3, -0.25) is 4.79 Å². The first-order valence-corrected chi connectivity index (χ1v) is 7.85. The molecule has 1 aromatic carbocycles. The highest BCUT2D eigenvalue weighted by molar-refractivity contribution is 7.99. The van der Waals surface area contributed by atoms with Crippen LogP contribution in [0.1, 0.15) is 11.1 Å². The number of carbonyl (C=O) groups is 1. The molecule has 0 radical (unpaired) electrons. The zero-order valence-electron chi connectivity index (χ0n) is 12.2. The summed E-state index contributed by atoms with van der Waals surface area (Å²) < 4.78 is 41.1. The van der Waals surface area contributed by atoms with Crippen LogP contribution < -0.4 is 10.9 Å². The Bertz CT molecular complexity index is 771. The van der Waals surface area contributed by atoms with Crippen molar-refractivity contribution in [3.05, 3.63) is 45.8 Å². The summed E-state index contributed by atoms with van der Waals surface area (Å²) in [5.41, 5.74) is 1.58. The van der Waals surface area contributed by atoms with Gasteiger partial charge in [-0.1, -0.05) is 12.1 Å². The van der Waals surface area contributed by atoms with Gasteiger partial charge in [0.1, 0.15) is 12.1 Å². The monoisotopic (exact) mass is 345 g/mol. The standard InChI is InChI=1S/C15H14F3NO3S/c1-9-2-3-11-10(5-14(21)22-12(11)4-9)6-23-7-13(20)19-8-15(16,17)18/h2-5H,6-8H2,1H3,(H,19,20). The van der Waals surface area contributed by atoms with Gasteiger partial charge in [0.2, 0.25) is 5.91 Å². The zero-order chi connectivity index (χ0) is 17.0. The molecular formula is C15H14F3NO3S. The molecule has 4 nitrogen and oxygen atoms in total. The van der Waals surface area contributed by atoms with E-state index >= 15 is 0 Å². The molecule has 2 rings (SSSR count). The Kier molecular flexibility index (Phi) is 5.35. The van der Waals surface area contributed by atoms with Gasteiger partial charge in [0, 0.05) is 17.2 Å². The van der Waals surface area contributed by atoms with Crippen molar-refractivity contribution in [1.29, 1.82) is 0 Å². The third-order valence-electron chi connectivity index (χ3n) is 2.96. The van der Waals surface area contributed by atoms with Gasteiger partial charge in [0.25, 0.3) is 0 Å². The van der Waals surface area contributed by atoms with E-state index in [9.17, 15) is 22.8 Å². The average Bonchev–Trinajstić information content (AvgIpc) is 2.43. The summed E-state index contributed by atoms with van der Waals surface area (Å²) in [7, 11) is 0. The second-order valence-corrected chi connectivity index (χ2v) is 5.96. The van der Waals surface area contributed by atoms with Gasteiger partial charge in [0.05, 0.1) is 5.75 Å². The van der Waals surface area contributed by atoms with Crippen molar-refractivity contribution in [3.8, 4) is 0 Å². The van der Waals surface area contributed by atoms with Crippen LogP contribution >= 0.6 is 11.8 Å². The van der Waals surface area contributed by atoms with E-state index in [1.807, 2.05) is 19.1 Å². The lowest BCUT2D eigenvalue weighted by Crippen LogP contribution is -2.34. The molecule has 0 saturated heterocycles. The van der Waals surface area contributed by atoms with Crippen LogP contribution in [-0.2, 0) is 10.5 Å². The first kappa shape index (κ1) is 17.4. The highest BCUT2D eigenvalue weighted by Gasteiger charge is 2.27. The summed E-state index contributed by atoms with van der Waals surface area (Å²) >= 11 is 1.13. The molecule has 0 atom stereocenters. The quantitative estimate of drug-likeness (QED) is 0.847. The highest BCUT2D eigenvalue weighted by atomic mass is 32.2. The fourth-order valence-electron chi connectivity index (χ4n) is 1.96. The summed E-state index contributed by atoms with van der Waals surface area (Å²) in [6.07, 6.45) is -4.42. The number of halogens is 3. The number of nitrogens with one attached hydrogen (secondary N) is 1. The largest absolute Gasteiger partial charge is 0.423 e. The first-order valence-electron chi connectivity index (χ1n) is 6.69. The number of amides is 1. The predicted molar refractivity (Wildman–Crippen MR) is 82.4 cm³/mol. The average molecular weight is 345 g/mol. The van der Waals surface area contributed by atoms with Crippen molar-refractivity contribution in [2.75, 3.05) is 12.3 Å². The maximum Gasteiger partial charge on any atom is 0.405 e. The minimum atomic E-state index is -4.42. The number of hydrogen-bond donors (Lipinski definition) is 1. The molecule has 0 aliphatic rings. The molecule has 1 heterocycles. The maximum absolute atomic E-state index is 12.0. The number of carbonyl (C=O) groups excluding carboxylic acids is 1. The number of thioether (sulfide) groups is 1. The fraction of sp³-hybridized carbons (Fsp3) is 0.333. The maximum atomic E-state index is 12.0. The van der Waals surface area contributed by atoms with Gasteiger partial charge < -0.3 is 9.73 Å². The highest BCUT2D eigenvalue weighted by Crippen LogP contribution is 2.22. The SMILES string of the molecule is Cc1ccc2c(CSCC(=O)NCC(F)(F)F)cc(=O)oc2c1. The molecule has 0 aliphatic carbocycles. The van der Waals surface area contributed by atoms with E-state index in [4.69, 9.17) is 4.42 Å². The molecule has 0 unspecified atom stereocenters. The zero-order valence-corrected chi connectivity index (χ0v) is 13.0. The minimum Gasteiger partial charge on any atom is -0.423 e. The van der Waals surface area contributed by atoms with E-state index in [1.54, 1.807) is 11.4 Å². The molecule has 0 bridgehead atoms. The second kappa shape index (κ2) is 7.08. The van der Waals surface area contributed by atoms with E-state index in [1.165, 1.54) is 6.07 Å². The summed E-state index contributed by atoms with van der Waals surface area (Å²) in [6.45, 7) is 0.523. The van der Waals surface area contributed by atoms with Crippen LogP contribution in [0.15, 0.2) is 33.5 Å². The normalized spacial score (nSPS) is 11.7. The third kappa shape index (κ3) is 5.31. The second-order valence-electron chi connectivity index (χ2n) is 4.97. The van der Waals surface area contributed by atoms with Gasteiger partial charge in [-0.2, -0.15) is 13.2 Å². The lowest BCUT2D eigenvalue weighted by molar-refractivity contribution is -0.136. The molecule has 0 fully saturated rings. The molecule has 0 saturated carbocycles. The molecule has 1 aromatic heterocycles. The molecule has 2 aromatic rings. The van der Waals surface area contributed by atoms with E-state index < -0.39 is 24.3 Å². The van der Waals surface area contributed by atoms with Crippen LogP contribution in [-0.4, -0.2) is 24.4 Å². The lowest BCUT2D eigenvalue weighted by atomic mass is 10.1. The van der Waals surface area contributed by atoms with Gasteiger partial charge in [0.15, 0.2) is 0 Å². The van der Waals surface area contributed by atoms with E-state index in [0.717, 1.165) is 22.7 Å². The number of rotatable bonds is 5. The van der Waals surface area contributed by atoms with Crippen molar-refractivity contribution < 1.29 is 22.4 Å². The van der Waals surface area contributed by atoms with Crippen molar-refractivity contribution in [1.82, 2.24) is 5.32 Å². The Labute approximate surface area is 134 Å². The van der Waals surface area contributed by atoms with Crippen molar-refractivity contribution >= 4 is 28.6 Å². The molecule has 1 amide bonds. The molecule has 8 heteroatoms. The van der Waals surface area contributed by atoms with Crippen molar-refractivity contribution in [3.63, 3.8) is 0 Å². The molecule has 124 valence electrons. The Hall–Kier alpha value is -1.96. The minimum absolute atomic E-state index is 0.121. The van der Waals surface area contributed by atoms with Gasteiger partial charge in [-0.15, -0.1) is 11.8 Å². The molecular weight excluding hydrogens is 331 g/mol. The van der Waals surface area contributed by atoms with Crippen LogP contribution in [0, 0.1) is 6.92 Å². The third-order valence-corrected chi connectivity index (χ3v) is 3.94. The summed E-state index contributed by atoms with van der Waals surface area (Å²) in [5, 5.41) is 2.55. The Morgan fingerprint density at radius 1 is 1.30 bits per heavy atom. The number of fused-ring (bicyclic) bond motifs is 1. The summed E-state index contributed by atoms with van der Waals surface area (Å²) in [6, 6.07) is 6.75. The van der Waals surface area contributed by atoms with Crippen molar-refractivity contribution in [2.24, 2.45) is 0 Å². The molecule has 1 N–H and O–H groups in total. The van der Waals surface area contributed by atoms with E-state index in [-0.39, 0.29) is 5.75 Å². The number of alkyl halides is 3. The van der Waals surface area contributed by atoms with Crippen LogP contribution in [0.3, 0.4) is 0 Å². The molecule has 0 spiro atoms. The number of hydrogen-bond acceptors (Lipinski definition) is 4. The number of benzene rings is 1. The Balaban J connectivity index is 2.00. The Morgan fingerprint density at radius 2 is 2.04 bits per heavy atom. The van der Waals surface area contributed by atoms with Gasteiger partial charge >= 0.3 is 11.8 Å². The topological polar surface area (TPSA) is 59.3 Å². The van der Waals surface area contributed by atoms with E-state index in [2.05, 4.69) is 0 Å². The Morgan fingerprint density at radius 3 is 2.74 bits per heavy atom. The summed E-state index contributed by atoms with van der Waals surface area (Å²) in [4.78, 5) is 22.9. The van der Waals surface area contributed by atoms with Gasteiger partial charge in [-0.25, -0.2) is 4.79 Å². The van der Waals surface area contributed by atoms with E-state index in [0.29, 0.717) is 16.9 Å². The molecule has 0 aliphatic heterocycles. The van der Waals surface area contributed by atoms with Crippen LogP contribution in [0.25, 0.3) is 11.0 Å². The van der Waals surface area contributed by atoms with Crippen molar-refractivity contribution in [2.45, 2.75) is 18.9 Å². The molecule has 23 heavy (non-hydrogen) atoms. The number of aryl methyl sites for hydroxylation is 1. The van der Waals surface area contributed by atoms with Crippen LogP contribution in [0.4, 0.5) is 13.2 Å². The fourth-order valence-corrected chi connectivity index (χ4v) is 2.81. The van der Waals surface area contributed by atoms with Crippen LogP contribution in [0.2, 0.25) is 0 Å². The van der Waals surface area contributed by atoms with Gasteiger partial charge in [-0.05, 0) is 24.1 Å². The summed E-state index contributed by atoms with van der Waals surface area (Å²) in [5.74, 6) is -0.496. The lowest BCUT2D eigenvalue weighted by Gasteiger charge is -2.09. The first-order chi connectivity index (χ1) is 10.7. The predicted octanol–water partition coefficient (Wildman–Crippen LogP) is 3.01. The van der Waals surface area contributed by atoms with Crippen LogP contribution in [0.5, 0.6) is 0 Å².